The van der Waals surface area contributed by atoms with Gasteiger partial charge in [-0.1, -0.05) is 75.5 Å². The van der Waals surface area contributed by atoms with E-state index in [-0.39, 0.29) is 30.5 Å². The van der Waals surface area contributed by atoms with Crippen LogP contribution in [0.3, 0.4) is 0 Å². The monoisotopic (exact) mass is 874 g/mol. The van der Waals surface area contributed by atoms with Crippen LogP contribution < -0.4 is 10.6 Å². The smallest absolute Gasteiger partial charge is 0.407 e. The number of imidazole rings is 2. The van der Waals surface area contributed by atoms with Crippen LogP contribution in [0.1, 0.15) is 44.4 Å². The van der Waals surface area contributed by atoms with Crippen LogP contribution in [0.4, 0.5) is 18.4 Å². The largest absolute Gasteiger partial charge is 0.453 e. The molecule has 2 aliphatic heterocycles. The van der Waals surface area contributed by atoms with Gasteiger partial charge in [-0.15, -0.1) is 0 Å². The molecule has 0 radical (unpaired) electrons. The number of ether oxygens (including phenoxy) is 5. The first-order chi connectivity index (χ1) is 30.2. The molecule has 19 heteroatoms. The van der Waals surface area contributed by atoms with Crippen LogP contribution in [0.25, 0.3) is 33.6 Å². The molecule has 63 heavy (non-hydrogen) atoms. The molecule has 0 spiro atoms. The first-order valence-electron chi connectivity index (χ1n) is 20.3. The number of hydrogen-bond donors (Lipinski definition) is 4. The molecule has 3 atom stereocenters. The van der Waals surface area contributed by atoms with E-state index in [1.54, 1.807) is 17.3 Å². The number of carbonyl (C=O) groups is 4. The molecule has 0 saturated carbocycles. The number of likely N-dealkylation sites (tertiary alicyclic amines) is 1. The number of aromatic amines is 2. The number of hydrogen-bond acceptors (Lipinski definition) is 11. The lowest BCUT2D eigenvalue weighted by Crippen LogP contribution is -2.54. The Morgan fingerprint density at radius 1 is 0.921 bits per heavy atom. The van der Waals surface area contributed by atoms with E-state index < -0.39 is 55.2 Å². The first-order valence-corrected chi connectivity index (χ1v) is 20.3. The molecule has 4 aromatic rings. The van der Waals surface area contributed by atoms with Crippen molar-refractivity contribution in [2.75, 3.05) is 47.1 Å². The molecular formula is C44H52F2N8O9. The summed E-state index contributed by atoms with van der Waals surface area (Å²) >= 11 is 0. The Morgan fingerprint density at radius 2 is 1.49 bits per heavy atom. The quantitative estimate of drug-likeness (QED) is 0.0861. The molecule has 336 valence electrons. The van der Waals surface area contributed by atoms with E-state index in [4.69, 9.17) is 14.2 Å². The van der Waals surface area contributed by atoms with Crippen molar-refractivity contribution >= 4 is 24.0 Å². The van der Waals surface area contributed by atoms with Gasteiger partial charge in [0.15, 0.2) is 0 Å². The highest BCUT2D eigenvalue weighted by atomic mass is 19.3. The number of alkyl halides is 2. The highest BCUT2D eigenvalue weighted by Crippen LogP contribution is 2.34. The predicted octanol–water partition coefficient (Wildman–Crippen LogP) is 5.96. The Balaban J connectivity index is 1.12. The molecular weight excluding hydrogens is 823 g/mol. The Hall–Kier alpha value is -6.44. The van der Waals surface area contributed by atoms with E-state index in [2.05, 4.69) is 53.2 Å². The molecule has 0 aliphatic carbocycles. The summed E-state index contributed by atoms with van der Waals surface area (Å²) < 4.78 is 51.0. The minimum atomic E-state index is -3.08. The molecule has 6 rings (SSSR count). The zero-order chi connectivity index (χ0) is 45.3. The molecule has 2 fully saturated rings. The second kappa shape index (κ2) is 20.6. The number of alkyl carbamates (subject to hydrolysis) is 2. The third-order valence-corrected chi connectivity index (χ3v) is 10.8. The van der Waals surface area contributed by atoms with Gasteiger partial charge in [0.05, 0.1) is 77.0 Å². The van der Waals surface area contributed by atoms with E-state index in [9.17, 15) is 28.0 Å². The van der Waals surface area contributed by atoms with E-state index in [1.807, 2.05) is 62.4 Å². The lowest BCUT2D eigenvalue weighted by atomic mass is 10.0. The fourth-order valence-electron chi connectivity index (χ4n) is 7.47. The summed E-state index contributed by atoms with van der Waals surface area (Å²) in [6.07, 6.45) is 4.51. The van der Waals surface area contributed by atoms with Gasteiger partial charge in [0.1, 0.15) is 23.7 Å². The van der Waals surface area contributed by atoms with Gasteiger partial charge in [-0.25, -0.2) is 19.6 Å². The Morgan fingerprint density at radius 3 is 2.06 bits per heavy atom. The van der Waals surface area contributed by atoms with Crippen LogP contribution in [0, 0.1) is 5.92 Å². The van der Waals surface area contributed by atoms with Crippen molar-refractivity contribution in [1.82, 2.24) is 40.4 Å². The lowest BCUT2D eigenvalue weighted by Gasteiger charge is -2.34. The number of H-pyrrole nitrogens is 2. The van der Waals surface area contributed by atoms with Crippen LogP contribution in [-0.2, 0) is 39.8 Å². The van der Waals surface area contributed by atoms with Gasteiger partial charge >= 0.3 is 18.8 Å². The van der Waals surface area contributed by atoms with Crippen LogP contribution >= 0.6 is 0 Å². The van der Waals surface area contributed by atoms with Crippen molar-refractivity contribution in [3.05, 3.63) is 97.4 Å². The van der Waals surface area contributed by atoms with E-state index in [0.29, 0.717) is 44.2 Å². The maximum atomic E-state index is 13.9. The highest BCUT2D eigenvalue weighted by Gasteiger charge is 2.40. The van der Waals surface area contributed by atoms with E-state index in [1.165, 1.54) is 18.1 Å². The van der Waals surface area contributed by atoms with Crippen molar-refractivity contribution in [3.8, 4) is 33.6 Å². The third kappa shape index (κ3) is 11.1. The number of carbonyl (C=O) groups excluding carboxylic acids is 4. The molecule has 2 aliphatic rings. The number of rotatable bonds is 18. The third-order valence-electron chi connectivity index (χ3n) is 10.8. The van der Waals surface area contributed by atoms with Crippen LogP contribution in [0.2, 0.25) is 0 Å². The van der Waals surface area contributed by atoms with Crippen molar-refractivity contribution in [1.29, 1.82) is 0 Å². The minimum absolute atomic E-state index is 0.0207. The molecule has 2 saturated heterocycles. The van der Waals surface area contributed by atoms with Gasteiger partial charge in [-0.3, -0.25) is 9.59 Å². The number of benzene rings is 2. The normalized spacial score (nSPS) is 16.7. The van der Waals surface area contributed by atoms with Crippen molar-refractivity contribution in [3.63, 3.8) is 0 Å². The second-order valence-corrected chi connectivity index (χ2v) is 15.3. The summed E-state index contributed by atoms with van der Waals surface area (Å²) in [4.78, 5) is 70.7. The number of amides is 4. The maximum Gasteiger partial charge on any atom is 0.407 e. The van der Waals surface area contributed by atoms with Crippen LogP contribution in [-0.4, -0.2) is 125 Å². The number of aromatic nitrogens is 4. The highest BCUT2D eigenvalue weighted by molar-refractivity contribution is 5.89. The van der Waals surface area contributed by atoms with Gasteiger partial charge in [0.25, 0.3) is 0 Å². The van der Waals surface area contributed by atoms with Crippen LogP contribution in [0.5, 0.6) is 0 Å². The number of methoxy groups -OCH3 is 2. The summed E-state index contributed by atoms with van der Waals surface area (Å²) in [5.74, 6) is -1.32. The summed E-state index contributed by atoms with van der Waals surface area (Å²) in [7, 11) is 2.37. The first kappa shape index (κ1) is 46.1. The second-order valence-electron chi connectivity index (χ2n) is 15.3. The van der Waals surface area contributed by atoms with Crippen molar-refractivity contribution in [2.45, 2.75) is 63.8 Å². The molecule has 4 heterocycles. The fourth-order valence-corrected chi connectivity index (χ4v) is 7.47. The molecule has 2 aromatic carbocycles. The molecule has 3 unspecified atom stereocenters. The summed E-state index contributed by atoms with van der Waals surface area (Å²) in [6, 6.07) is 13.1. The summed E-state index contributed by atoms with van der Waals surface area (Å²) in [5.41, 5.74) is 5.06. The molecule has 4 N–H and O–H groups in total. The van der Waals surface area contributed by atoms with E-state index in [0.717, 1.165) is 40.8 Å². The van der Waals surface area contributed by atoms with Crippen molar-refractivity contribution < 1.29 is 51.6 Å². The maximum absolute atomic E-state index is 13.9. The van der Waals surface area contributed by atoms with Crippen LogP contribution in [0.15, 0.2) is 85.7 Å². The Labute approximate surface area is 363 Å². The Kier molecular flexibility index (Phi) is 15.1. The van der Waals surface area contributed by atoms with Gasteiger partial charge in [0.2, 0.25) is 17.6 Å². The van der Waals surface area contributed by atoms with Gasteiger partial charge in [-0.2, -0.15) is 8.78 Å². The van der Waals surface area contributed by atoms with Gasteiger partial charge < -0.3 is 54.1 Å². The minimum Gasteiger partial charge on any atom is -0.453 e. The average molecular weight is 875 g/mol. The number of nitrogens with zero attached hydrogens (tertiary/aromatic N) is 4. The summed E-state index contributed by atoms with van der Waals surface area (Å²) in [5, 5.41) is 5.03. The molecule has 2 aromatic heterocycles. The SMILES string of the molecule is C=CC1(CN(Cc2ncc(-c3ccc(-c4ccc(-c5cnc(C6CCCN6C(=O)C(NC(=O)OC)C(=C)COC(F)F)[nH]5)cc4)cc3)[nH]2)C(=O)C(NC(=O)OC)C(C)C)OCCO1. The van der Waals surface area contributed by atoms with Gasteiger partial charge in [0, 0.05) is 6.54 Å². The lowest BCUT2D eigenvalue weighted by molar-refractivity contribution is -0.156. The topological polar surface area (TPSA) is 202 Å². The van der Waals surface area contributed by atoms with Crippen molar-refractivity contribution in [2.24, 2.45) is 5.92 Å². The summed E-state index contributed by atoms with van der Waals surface area (Å²) in [6.45, 7) is 8.64. The number of nitrogens with one attached hydrogen (secondary N) is 4. The molecule has 4 amide bonds. The Bertz CT molecular complexity index is 2240. The predicted molar refractivity (Wildman–Crippen MR) is 226 cm³/mol. The fraction of sp³-hybridized carbons (Fsp3) is 0.409. The standard InChI is InChI=1S/C44H52F2N8O9/c1-7-44(62-19-20-63-44)25-53(39(55)36(26(2)3)51-42(57)59-5)23-35-47-21-32(49-35)30-14-10-28(11-15-30)29-12-16-31(17-13-29)33-22-48-38(50-33)34-9-8-18-54(34)40(56)37(52-43(58)60-6)27(4)24-61-41(45)46/h7,10-17,21-22,26,34,36-37,41H,1,4,8-9,18-20,23-25H2,2-3,5-6H3,(H,47,49)(H,48,50)(H,51,57)(H,52,58). The average Bonchev–Trinajstić information content (AvgIpc) is 4.14. The zero-order valence-electron chi connectivity index (χ0n) is 35.5. The zero-order valence-corrected chi connectivity index (χ0v) is 35.5. The van der Waals surface area contributed by atoms with Gasteiger partial charge in [-0.05, 0) is 52.7 Å². The van der Waals surface area contributed by atoms with E-state index >= 15 is 0 Å². The number of halogens is 2. The molecule has 17 nitrogen and oxygen atoms in total. The molecule has 0 bridgehead atoms.